The smallest absolute Gasteiger partial charge is 0.298 e. The van der Waals surface area contributed by atoms with Crippen LogP contribution in [0.5, 0.6) is 0 Å². The average molecular weight is 468 g/mol. The molecular weight excluding hydrogens is 450 g/mol. The standard InChI is InChI=1S/C21H18ClN7O4/c1-26-18-17(19(30)27(2)21(26)31)28(12-13-6-8-15(22)9-7-13)20(24-18)25-23-11-14-4-3-5-16(10-14)29(32)33/h3-11H,12H2,1-2H3,(H,24,25)/b23-11-. The first-order chi connectivity index (χ1) is 15.8. The molecule has 0 fully saturated rings. The van der Waals surface area contributed by atoms with Crippen LogP contribution in [0.3, 0.4) is 0 Å². The monoisotopic (exact) mass is 467 g/mol. The van der Waals surface area contributed by atoms with Crippen LogP contribution in [0.15, 0.2) is 63.2 Å². The highest BCUT2D eigenvalue weighted by Gasteiger charge is 2.19. The van der Waals surface area contributed by atoms with E-state index >= 15 is 0 Å². The highest BCUT2D eigenvalue weighted by molar-refractivity contribution is 6.30. The molecule has 0 aliphatic carbocycles. The Bertz CT molecular complexity index is 1520. The number of aromatic nitrogens is 4. The summed E-state index contributed by atoms with van der Waals surface area (Å²) in [5, 5.41) is 15.7. The second-order valence-electron chi connectivity index (χ2n) is 7.25. The molecule has 0 aliphatic heterocycles. The van der Waals surface area contributed by atoms with Crippen LogP contribution in [0.1, 0.15) is 11.1 Å². The number of imidazole rings is 1. The quantitative estimate of drug-likeness (QED) is 0.263. The van der Waals surface area contributed by atoms with Gasteiger partial charge in [-0.1, -0.05) is 35.9 Å². The molecule has 0 atom stereocenters. The van der Waals surface area contributed by atoms with E-state index in [4.69, 9.17) is 11.6 Å². The van der Waals surface area contributed by atoms with E-state index in [-0.39, 0.29) is 29.3 Å². The number of nitrogens with one attached hydrogen (secondary N) is 1. The third-order valence-electron chi connectivity index (χ3n) is 5.06. The molecule has 0 amide bonds. The zero-order valence-electron chi connectivity index (χ0n) is 17.6. The Balaban J connectivity index is 1.79. The van der Waals surface area contributed by atoms with E-state index in [1.807, 2.05) is 12.1 Å². The maximum absolute atomic E-state index is 12.9. The molecule has 0 aliphatic rings. The van der Waals surface area contributed by atoms with Crippen molar-refractivity contribution >= 4 is 40.6 Å². The molecular formula is C21H18ClN7O4. The molecule has 0 saturated carbocycles. The van der Waals surface area contributed by atoms with Crippen molar-refractivity contribution in [2.75, 3.05) is 5.43 Å². The van der Waals surface area contributed by atoms with E-state index in [9.17, 15) is 19.7 Å². The maximum Gasteiger partial charge on any atom is 0.332 e. The van der Waals surface area contributed by atoms with Gasteiger partial charge in [-0.3, -0.25) is 28.6 Å². The van der Waals surface area contributed by atoms with Gasteiger partial charge >= 0.3 is 5.69 Å². The first-order valence-electron chi connectivity index (χ1n) is 9.70. The lowest BCUT2D eigenvalue weighted by Crippen LogP contribution is -2.37. The summed E-state index contributed by atoms with van der Waals surface area (Å²) in [7, 11) is 2.93. The number of aryl methyl sites for hydroxylation is 1. The molecule has 2 aromatic carbocycles. The van der Waals surface area contributed by atoms with Gasteiger partial charge in [-0.2, -0.15) is 10.1 Å². The predicted octanol–water partition coefficient (Wildman–Crippen LogP) is 2.49. The zero-order chi connectivity index (χ0) is 23.7. The summed E-state index contributed by atoms with van der Waals surface area (Å²) >= 11 is 5.98. The Morgan fingerprint density at radius 1 is 1.15 bits per heavy atom. The van der Waals surface area contributed by atoms with Crippen LogP contribution in [0.4, 0.5) is 11.6 Å². The van der Waals surface area contributed by atoms with E-state index in [1.165, 1.54) is 37.0 Å². The first kappa shape index (κ1) is 22.0. The lowest BCUT2D eigenvalue weighted by Gasteiger charge is -2.09. The number of fused-ring (bicyclic) bond motifs is 1. The Morgan fingerprint density at radius 3 is 2.58 bits per heavy atom. The van der Waals surface area contributed by atoms with Gasteiger partial charge in [0.1, 0.15) is 0 Å². The average Bonchev–Trinajstić information content (AvgIpc) is 3.16. The second-order valence-corrected chi connectivity index (χ2v) is 7.68. The molecule has 1 N–H and O–H groups in total. The lowest BCUT2D eigenvalue weighted by atomic mass is 10.2. The van der Waals surface area contributed by atoms with Crippen LogP contribution in [0.25, 0.3) is 11.2 Å². The summed E-state index contributed by atoms with van der Waals surface area (Å²) in [4.78, 5) is 40.2. The summed E-state index contributed by atoms with van der Waals surface area (Å²) in [6, 6.07) is 13.1. The topological polar surface area (TPSA) is 129 Å². The molecule has 33 heavy (non-hydrogen) atoms. The third-order valence-corrected chi connectivity index (χ3v) is 5.31. The van der Waals surface area contributed by atoms with Crippen molar-refractivity contribution in [1.29, 1.82) is 0 Å². The fourth-order valence-electron chi connectivity index (χ4n) is 3.34. The van der Waals surface area contributed by atoms with Gasteiger partial charge in [-0.25, -0.2) is 10.2 Å². The number of benzene rings is 2. The minimum atomic E-state index is -0.504. The van der Waals surface area contributed by atoms with Crippen LogP contribution in [-0.4, -0.2) is 29.8 Å². The van der Waals surface area contributed by atoms with Gasteiger partial charge in [-0.05, 0) is 17.7 Å². The van der Waals surface area contributed by atoms with Crippen molar-refractivity contribution in [2.24, 2.45) is 19.2 Å². The van der Waals surface area contributed by atoms with E-state index in [0.29, 0.717) is 10.6 Å². The van der Waals surface area contributed by atoms with Crippen molar-refractivity contribution < 1.29 is 4.92 Å². The largest absolute Gasteiger partial charge is 0.332 e. The fraction of sp³-hybridized carbons (Fsp3) is 0.143. The van der Waals surface area contributed by atoms with Crippen molar-refractivity contribution in [3.8, 4) is 0 Å². The normalized spacial score (nSPS) is 11.4. The Labute approximate surface area is 191 Å². The van der Waals surface area contributed by atoms with Gasteiger partial charge in [0.2, 0.25) is 5.95 Å². The summed E-state index contributed by atoms with van der Waals surface area (Å²) in [6.45, 7) is 0.260. The maximum atomic E-state index is 12.9. The minimum Gasteiger partial charge on any atom is -0.298 e. The number of nitro benzene ring substituents is 1. The van der Waals surface area contributed by atoms with Gasteiger partial charge in [-0.15, -0.1) is 0 Å². The molecule has 168 valence electrons. The molecule has 0 spiro atoms. The van der Waals surface area contributed by atoms with Crippen molar-refractivity contribution in [3.05, 3.63) is 95.6 Å². The van der Waals surface area contributed by atoms with E-state index < -0.39 is 16.2 Å². The van der Waals surface area contributed by atoms with Gasteiger partial charge < -0.3 is 0 Å². The number of nitrogens with zero attached hydrogens (tertiary/aromatic N) is 6. The van der Waals surface area contributed by atoms with E-state index in [2.05, 4.69) is 15.5 Å². The zero-order valence-corrected chi connectivity index (χ0v) is 18.4. The fourth-order valence-corrected chi connectivity index (χ4v) is 3.47. The number of hydrogen-bond donors (Lipinski definition) is 1. The molecule has 0 saturated heterocycles. The van der Waals surface area contributed by atoms with Crippen LogP contribution < -0.4 is 16.7 Å². The van der Waals surface area contributed by atoms with Gasteiger partial charge in [0.15, 0.2) is 11.2 Å². The summed E-state index contributed by atoms with van der Waals surface area (Å²) < 4.78 is 3.91. The molecule has 0 bridgehead atoms. The summed E-state index contributed by atoms with van der Waals surface area (Å²) in [6.07, 6.45) is 1.40. The number of hydrazone groups is 1. The minimum absolute atomic E-state index is 0.0626. The molecule has 2 heterocycles. The molecule has 2 aromatic heterocycles. The third kappa shape index (κ3) is 4.26. The number of anilines is 1. The molecule has 11 nitrogen and oxygen atoms in total. The number of hydrogen-bond acceptors (Lipinski definition) is 7. The Hall–Kier alpha value is -4.25. The highest BCUT2D eigenvalue weighted by Crippen LogP contribution is 2.19. The van der Waals surface area contributed by atoms with Crippen LogP contribution in [0.2, 0.25) is 5.02 Å². The van der Waals surface area contributed by atoms with E-state index in [1.54, 1.807) is 28.8 Å². The van der Waals surface area contributed by atoms with Gasteiger partial charge in [0.25, 0.3) is 11.2 Å². The summed E-state index contributed by atoms with van der Waals surface area (Å²) in [5.41, 5.74) is 3.50. The number of rotatable bonds is 6. The summed E-state index contributed by atoms with van der Waals surface area (Å²) in [5.74, 6) is 0.222. The Kier molecular flexibility index (Phi) is 5.80. The molecule has 4 aromatic rings. The molecule has 12 heteroatoms. The first-order valence-corrected chi connectivity index (χ1v) is 10.1. The predicted molar refractivity (Wildman–Crippen MR) is 125 cm³/mol. The molecule has 0 unspecified atom stereocenters. The molecule has 4 rings (SSSR count). The lowest BCUT2D eigenvalue weighted by molar-refractivity contribution is -0.384. The number of non-ortho nitro benzene ring substituents is 1. The van der Waals surface area contributed by atoms with Crippen LogP contribution in [-0.2, 0) is 20.6 Å². The number of halogens is 1. The Morgan fingerprint density at radius 2 is 1.88 bits per heavy atom. The SMILES string of the molecule is Cn1c(=O)c2c(nc(N/N=C\c3cccc([N+](=O)[O-])c3)n2Cc2ccc(Cl)cc2)n(C)c1=O. The second kappa shape index (κ2) is 8.71. The van der Waals surface area contributed by atoms with Gasteiger partial charge in [0.05, 0.1) is 17.7 Å². The van der Waals surface area contributed by atoms with Gasteiger partial charge in [0, 0.05) is 36.8 Å². The van der Waals surface area contributed by atoms with Crippen LogP contribution in [0, 0.1) is 10.1 Å². The number of nitro groups is 1. The van der Waals surface area contributed by atoms with Crippen molar-refractivity contribution in [1.82, 2.24) is 18.7 Å². The van der Waals surface area contributed by atoms with Crippen molar-refractivity contribution in [2.45, 2.75) is 6.54 Å². The highest BCUT2D eigenvalue weighted by atomic mass is 35.5. The van der Waals surface area contributed by atoms with Crippen molar-refractivity contribution in [3.63, 3.8) is 0 Å². The van der Waals surface area contributed by atoms with Crippen LogP contribution >= 0.6 is 11.6 Å². The van der Waals surface area contributed by atoms with E-state index in [0.717, 1.165) is 10.1 Å². The molecule has 0 radical (unpaired) electrons.